The summed E-state index contributed by atoms with van der Waals surface area (Å²) in [6.45, 7) is 5.67. The number of carbonyl (C=O) groups excluding carboxylic acids is 1. The monoisotopic (exact) mass is 562 g/mol. The van der Waals surface area contributed by atoms with E-state index in [4.69, 9.17) is 9.47 Å². The number of methoxy groups -OCH3 is 1. The van der Waals surface area contributed by atoms with Gasteiger partial charge in [-0.05, 0) is 60.5 Å². The molecular weight excluding hydrogens is 536 g/mol. The first-order valence-corrected chi connectivity index (χ1v) is 12.5. The molecule has 0 radical (unpaired) electrons. The summed E-state index contributed by atoms with van der Waals surface area (Å²) in [4.78, 5) is 30.2. The third kappa shape index (κ3) is 6.06. The van der Waals surface area contributed by atoms with Crippen LogP contribution in [0.1, 0.15) is 36.7 Å². The SMILES string of the molecule is COc1cc(C=Nn2c(C(C)C)nc3ccc(Br)cc3c2=O)ccc1OCC(=O)Nc1ccccc1C. The highest BCUT2D eigenvalue weighted by Gasteiger charge is 2.14. The van der Waals surface area contributed by atoms with Crippen molar-refractivity contribution in [3.8, 4) is 11.5 Å². The number of aromatic nitrogens is 2. The number of halogens is 1. The summed E-state index contributed by atoms with van der Waals surface area (Å²) in [5.74, 6) is 1.11. The predicted octanol–water partition coefficient (Wildman–Crippen LogP) is 5.50. The Morgan fingerprint density at radius 3 is 2.65 bits per heavy atom. The van der Waals surface area contributed by atoms with E-state index < -0.39 is 0 Å². The van der Waals surface area contributed by atoms with Gasteiger partial charge < -0.3 is 14.8 Å². The van der Waals surface area contributed by atoms with Gasteiger partial charge in [0.15, 0.2) is 18.1 Å². The maximum Gasteiger partial charge on any atom is 0.282 e. The number of nitrogens with zero attached hydrogens (tertiary/aromatic N) is 3. The molecule has 37 heavy (non-hydrogen) atoms. The molecule has 0 aliphatic rings. The molecule has 9 heteroatoms. The van der Waals surface area contributed by atoms with Crippen molar-refractivity contribution in [2.75, 3.05) is 19.0 Å². The first-order chi connectivity index (χ1) is 17.8. The Bertz CT molecular complexity index is 1550. The van der Waals surface area contributed by atoms with Crippen molar-refractivity contribution in [3.05, 3.63) is 92.4 Å². The van der Waals surface area contributed by atoms with Crippen LogP contribution in [0, 0.1) is 6.92 Å². The summed E-state index contributed by atoms with van der Waals surface area (Å²) in [6.07, 6.45) is 1.57. The zero-order valence-electron chi connectivity index (χ0n) is 21.0. The van der Waals surface area contributed by atoms with Gasteiger partial charge in [-0.25, -0.2) is 4.98 Å². The number of fused-ring (bicyclic) bond motifs is 1. The molecule has 0 spiro atoms. The molecule has 0 aliphatic carbocycles. The Kier molecular flexibility index (Phi) is 8.03. The second-order valence-electron chi connectivity index (χ2n) is 8.71. The number of hydrogen-bond donors (Lipinski definition) is 1. The van der Waals surface area contributed by atoms with Crippen LogP contribution in [0.2, 0.25) is 0 Å². The number of rotatable bonds is 8. The molecule has 0 aliphatic heterocycles. The van der Waals surface area contributed by atoms with Gasteiger partial charge in [-0.15, -0.1) is 0 Å². The molecule has 4 aromatic rings. The number of aryl methyl sites for hydroxylation is 1. The first-order valence-electron chi connectivity index (χ1n) is 11.7. The van der Waals surface area contributed by atoms with E-state index in [2.05, 4.69) is 31.3 Å². The van der Waals surface area contributed by atoms with Crippen LogP contribution in [-0.4, -0.2) is 35.5 Å². The Morgan fingerprint density at radius 1 is 1.14 bits per heavy atom. The second-order valence-corrected chi connectivity index (χ2v) is 9.63. The number of benzene rings is 3. The van der Waals surface area contributed by atoms with Crippen molar-refractivity contribution in [2.24, 2.45) is 5.10 Å². The van der Waals surface area contributed by atoms with Gasteiger partial charge in [-0.3, -0.25) is 9.59 Å². The molecule has 190 valence electrons. The lowest BCUT2D eigenvalue weighted by Crippen LogP contribution is -2.23. The van der Waals surface area contributed by atoms with E-state index in [1.807, 2.05) is 57.2 Å². The number of carbonyl (C=O) groups is 1. The van der Waals surface area contributed by atoms with Crippen LogP contribution < -0.4 is 20.3 Å². The van der Waals surface area contributed by atoms with Crippen LogP contribution in [0.3, 0.4) is 0 Å². The molecule has 0 unspecified atom stereocenters. The van der Waals surface area contributed by atoms with Crippen LogP contribution in [0.5, 0.6) is 11.5 Å². The summed E-state index contributed by atoms with van der Waals surface area (Å²) in [6, 6.07) is 18.1. The van der Waals surface area contributed by atoms with Crippen molar-refractivity contribution in [2.45, 2.75) is 26.7 Å². The molecular formula is C28H27BrN4O4. The number of para-hydroxylation sites is 1. The number of anilines is 1. The third-order valence-electron chi connectivity index (χ3n) is 5.64. The van der Waals surface area contributed by atoms with Gasteiger partial charge in [0.05, 0.1) is 24.2 Å². The molecule has 1 aromatic heterocycles. The minimum atomic E-state index is -0.280. The van der Waals surface area contributed by atoms with Crippen LogP contribution >= 0.6 is 15.9 Å². The smallest absolute Gasteiger partial charge is 0.282 e. The minimum Gasteiger partial charge on any atom is -0.493 e. The number of ether oxygens (including phenoxy) is 2. The molecule has 0 bridgehead atoms. The fourth-order valence-corrected chi connectivity index (χ4v) is 4.06. The van der Waals surface area contributed by atoms with Crippen molar-refractivity contribution in [3.63, 3.8) is 0 Å². The maximum atomic E-state index is 13.2. The average molecular weight is 563 g/mol. The zero-order valence-corrected chi connectivity index (χ0v) is 22.6. The molecule has 4 rings (SSSR count). The summed E-state index contributed by atoms with van der Waals surface area (Å²) in [5.41, 5.74) is 2.76. The average Bonchev–Trinajstić information content (AvgIpc) is 2.88. The largest absolute Gasteiger partial charge is 0.493 e. The molecule has 0 fully saturated rings. The molecule has 0 atom stereocenters. The Labute approximate surface area is 223 Å². The van der Waals surface area contributed by atoms with Gasteiger partial charge in [0, 0.05) is 16.1 Å². The highest BCUT2D eigenvalue weighted by molar-refractivity contribution is 9.10. The standard InChI is InChI=1S/C28H27BrN4O4/c1-17(2)27-32-23-11-10-20(29)14-21(23)28(35)33(27)30-15-19-9-12-24(25(13-19)36-4)37-16-26(34)31-22-8-6-5-7-18(22)3/h5-15,17H,16H2,1-4H3,(H,31,34). The Balaban J connectivity index is 1.55. The lowest BCUT2D eigenvalue weighted by molar-refractivity contribution is -0.118. The van der Waals surface area contributed by atoms with Gasteiger partial charge in [-0.2, -0.15) is 9.78 Å². The summed E-state index contributed by atoms with van der Waals surface area (Å²) >= 11 is 3.41. The lowest BCUT2D eigenvalue weighted by atomic mass is 10.2. The van der Waals surface area contributed by atoms with Crippen molar-refractivity contribution < 1.29 is 14.3 Å². The number of amides is 1. The summed E-state index contributed by atoms with van der Waals surface area (Å²) < 4.78 is 13.3. The van der Waals surface area contributed by atoms with E-state index in [0.29, 0.717) is 33.8 Å². The van der Waals surface area contributed by atoms with Gasteiger partial charge in [0.2, 0.25) is 0 Å². The zero-order chi connectivity index (χ0) is 26.5. The van der Waals surface area contributed by atoms with E-state index in [0.717, 1.165) is 15.7 Å². The first kappa shape index (κ1) is 26.1. The highest BCUT2D eigenvalue weighted by atomic mass is 79.9. The number of hydrogen-bond acceptors (Lipinski definition) is 6. The van der Waals surface area contributed by atoms with Crippen LogP contribution in [0.4, 0.5) is 5.69 Å². The topological polar surface area (TPSA) is 94.8 Å². The normalized spacial score (nSPS) is 11.3. The molecule has 0 saturated heterocycles. The fourth-order valence-electron chi connectivity index (χ4n) is 3.70. The summed E-state index contributed by atoms with van der Waals surface area (Å²) in [7, 11) is 1.52. The fraction of sp³-hybridized carbons (Fsp3) is 0.214. The quantitative estimate of drug-likeness (QED) is 0.286. The van der Waals surface area contributed by atoms with Gasteiger partial charge >= 0.3 is 0 Å². The Hall–Kier alpha value is -3.98. The molecule has 1 amide bonds. The van der Waals surface area contributed by atoms with Crippen LogP contribution in [-0.2, 0) is 4.79 Å². The third-order valence-corrected chi connectivity index (χ3v) is 6.13. The predicted molar refractivity (Wildman–Crippen MR) is 149 cm³/mol. The van der Waals surface area contributed by atoms with Gasteiger partial charge in [0.1, 0.15) is 5.82 Å². The van der Waals surface area contributed by atoms with E-state index in [-0.39, 0.29) is 24.0 Å². The van der Waals surface area contributed by atoms with Crippen LogP contribution in [0.25, 0.3) is 10.9 Å². The lowest BCUT2D eigenvalue weighted by Gasteiger charge is -2.13. The maximum absolute atomic E-state index is 13.2. The summed E-state index contributed by atoms with van der Waals surface area (Å²) in [5, 5.41) is 7.76. The van der Waals surface area contributed by atoms with Crippen molar-refractivity contribution in [1.82, 2.24) is 9.66 Å². The molecule has 1 N–H and O–H groups in total. The van der Waals surface area contributed by atoms with E-state index >= 15 is 0 Å². The van der Waals surface area contributed by atoms with E-state index in [9.17, 15) is 9.59 Å². The van der Waals surface area contributed by atoms with Crippen LogP contribution in [0.15, 0.2) is 75.0 Å². The Morgan fingerprint density at radius 2 is 1.92 bits per heavy atom. The second kappa shape index (κ2) is 11.4. The van der Waals surface area contributed by atoms with Gasteiger partial charge in [0.25, 0.3) is 11.5 Å². The molecule has 3 aromatic carbocycles. The highest BCUT2D eigenvalue weighted by Crippen LogP contribution is 2.28. The number of nitrogens with one attached hydrogen (secondary N) is 1. The van der Waals surface area contributed by atoms with E-state index in [1.54, 1.807) is 30.5 Å². The molecule has 1 heterocycles. The van der Waals surface area contributed by atoms with E-state index in [1.165, 1.54) is 11.8 Å². The molecule has 0 saturated carbocycles. The van der Waals surface area contributed by atoms with Gasteiger partial charge in [-0.1, -0.05) is 48.0 Å². The van der Waals surface area contributed by atoms with Crippen molar-refractivity contribution in [1.29, 1.82) is 0 Å². The molecule has 8 nitrogen and oxygen atoms in total. The van der Waals surface area contributed by atoms with Crippen molar-refractivity contribution >= 4 is 44.6 Å². The minimum absolute atomic E-state index is 0.0194.